The number of aromatic nitrogens is 3. The third-order valence-corrected chi connectivity index (χ3v) is 4.54. The predicted octanol–water partition coefficient (Wildman–Crippen LogP) is 5.31. The fraction of sp³-hybridized carbons (Fsp3) is 0.333. The number of hydrogen-bond donors (Lipinski definition) is 0. The number of ether oxygens (including phenoxy) is 2. The van der Waals surface area contributed by atoms with Gasteiger partial charge in [-0.3, -0.25) is 0 Å². The zero-order valence-electron chi connectivity index (χ0n) is 15.9. The number of nitrogens with zero attached hydrogens (tertiary/aromatic N) is 3. The van der Waals surface area contributed by atoms with E-state index in [4.69, 9.17) is 9.47 Å². The standard InChI is InChI=1S/C21H21F2N3O2/c1-12(2)27-21-20(28-17-6-4-5-16(22)19(17)23)13(3)26(25-21)18-10-9-15(11-24-18)14-7-8-14/h4-6,9-12,14H,7-8H2,1-3H3. The molecule has 1 aliphatic rings. The van der Waals surface area contributed by atoms with Gasteiger partial charge >= 0.3 is 0 Å². The highest BCUT2D eigenvalue weighted by molar-refractivity contribution is 5.45. The highest BCUT2D eigenvalue weighted by Gasteiger charge is 2.25. The van der Waals surface area contributed by atoms with Gasteiger partial charge in [-0.2, -0.15) is 4.39 Å². The first-order chi connectivity index (χ1) is 13.4. The second-order valence-corrected chi connectivity index (χ2v) is 7.18. The van der Waals surface area contributed by atoms with Crippen molar-refractivity contribution in [3.8, 4) is 23.2 Å². The molecule has 1 fully saturated rings. The van der Waals surface area contributed by atoms with Crippen molar-refractivity contribution in [3.05, 3.63) is 59.4 Å². The predicted molar refractivity (Wildman–Crippen MR) is 100 cm³/mol. The molecule has 3 aromatic rings. The molecule has 2 heterocycles. The van der Waals surface area contributed by atoms with Gasteiger partial charge in [-0.1, -0.05) is 12.1 Å². The summed E-state index contributed by atoms with van der Waals surface area (Å²) in [5.74, 6) is -0.632. The fourth-order valence-electron chi connectivity index (χ4n) is 2.96. The quantitative estimate of drug-likeness (QED) is 0.577. The molecule has 4 rings (SSSR count). The molecule has 28 heavy (non-hydrogen) atoms. The van der Waals surface area contributed by atoms with Crippen LogP contribution in [-0.2, 0) is 0 Å². The van der Waals surface area contributed by atoms with Gasteiger partial charge in [0, 0.05) is 6.20 Å². The highest BCUT2D eigenvalue weighted by Crippen LogP contribution is 2.40. The Morgan fingerprint density at radius 1 is 1.14 bits per heavy atom. The third-order valence-electron chi connectivity index (χ3n) is 4.54. The number of pyridine rings is 1. The van der Waals surface area contributed by atoms with Crippen LogP contribution < -0.4 is 9.47 Å². The smallest absolute Gasteiger partial charge is 0.277 e. The topological polar surface area (TPSA) is 49.2 Å². The Morgan fingerprint density at radius 3 is 2.57 bits per heavy atom. The second-order valence-electron chi connectivity index (χ2n) is 7.18. The second kappa shape index (κ2) is 7.22. The molecule has 7 heteroatoms. The molecule has 0 atom stereocenters. The molecule has 0 N–H and O–H groups in total. The first-order valence-corrected chi connectivity index (χ1v) is 9.28. The SMILES string of the molecule is Cc1c(Oc2cccc(F)c2F)c(OC(C)C)nn1-c1ccc(C2CC2)cn1. The molecule has 0 aliphatic heterocycles. The summed E-state index contributed by atoms with van der Waals surface area (Å²) in [5, 5.41) is 4.45. The van der Waals surface area contributed by atoms with E-state index in [0.717, 1.165) is 6.07 Å². The largest absolute Gasteiger partial charge is 0.471 e. The minimum Gasteiger partial charge on any atom is -0.471 e. The van der Waals surface area contributed by atoms with E-state index in [-0.39, 0.29) is 23.5 Å². The minimum atomic E-state index is -1.06. The van der Waals surface area contributed by atoms with E-state index < -0.39 is 11.6 Å². The fourth-order valence-corrected chi connectivity index (χ4v) is 2.96. The highest BCUT2D eigenvalue weighted by atomic mass is 19.2. The van der Waals surface area contributed by atoms with E-state index in [1.54, 1.807) is 11.6 Å². The van der Waals surface area contributed by atoms with Gasteiger partial charge in [-0.15, -0.1) is 5.10 Å². The molecule has 0 amide bonds. The molecule has 5 nitrogen and oxygen atoms in total. The van der Waals surface area contributed by atoms with Crippen molar-refractivity contribution < 1.29 is 18.3 Å². The van der Waals surface area contributed by atoms with Crippen molar-refractivity contribution in [2.75, 3.05) is 0 Å². The van der Waals surface area contributed by atoms with Crippen LogP contribution in [0.15, 0.2) is 36.5 Å². The molecular formula is C21H21F2N3O2. The zero-order valence-corrected chi connectivity index (χ0v) is 15.9. The van der Waals surface area contributed by atoms with Gasteiger partial charge < -0.3 is 9.47 Å². The Morgan fingerprint density at radius 2 is 1.93 bits per heavy atom. The summed E-state index contributed by atoms with van der Waals surface area (Å²) in [6.45, 7) is 5.47. The first kappa shape index (κ1) is 18.4. The van der Waals surface area contributed by atoms with Gasteiger partial charge in [0.15, 0.2) is 17.4 Å². The lowest BCUT2D eigenvalue weighted by Crippen LogP contribution is -2.07. The number of rotatable bonds is 6. The minimum absolute atomic E-state index is 0.173. The maximum absolute atomic E-state index is 14.1. The van der Waals surface area contributed by atoms with E-state index in [1.807, 2.05) is 32.2 Å². The van der Waals surface area contributed by atoms with Gasteiger partial charge in [0.2, 0.25) is 11.6 Å². The molecule has 0 radical (unpaired) electrons. The van der Waals surface area contributed by atoms with E-state index >= 15 is 0 Å². The summed E-state index contributed by atoms with van der Waals surface area (Å²) in [4.78, 5) is 4.50. The van der Waals surface area contributed by atoms with Crippen molar-refractivity contribution in [2.24, 2.45) is 0 Å². The molecule has 0 saturated heterocycles. The molecule has 1 saturated carbocycles. The van der Waals surface area contributed by atoms with E-state index in [9.17, 15) is 8.78 Å². The molecule has 0 bridgehead atoms. The van der Waals surface area contributed by atoms with Gasteiger partial charge in [0.25, 0.3) is 5.88 Å². The van der Waals surface area contributed by atoms with Crippen LogP contribution in [0.25, 0.3) is 5.82 Å². The van der Waals surface area contributed by atoms with Crippen molar-refractivity contribution >= 4 is 0 Å². The summed E-state index contributed by atoms with van der Waals surface area (Å²) >= 11 is 0. The van der Waals surface area contributed by atoms with Crippen LogP contribution >= 0.6 is 0 Å². The summed E-state index contributed by atoms with van der Waals surface area (Å²) < 4.78 is 40.6. The zero-order chi connectivity index (χ0) is 19.8. The Hall–Kier alpha value is -2.96. The van der Waals surface area contributed by atoms with Crippen LogP contribution in [0.5, 0.6) is 17.4 Å². The average molecular weight is 385 g/mol. The van der Waals surface area contributed by atoms with Crippen LogP contribution in [0.1, 0.15) is 43.9 Å². The van der Waals surface area contributed by atoms with E-state index in [0.29, 0.717) is 17.4 Å². The van der Waals surface area contributed by atoms with Crippen molar-refractivity contribution in [2.45, 2.75) is 45.6 Å². The van der Waals surface area contributed by atoms with Gasteiger partial charge in [0.05, 0.1) is 11.8 Å². The molecule has 0 spiro atoms. The number of hydrogen-bond acceptors (Lipinski definition) is 4. The molecule has 146 valence electrons. The van der Waals surface area contributed by atoms with Gasteiger partial charge in [-0.25, -0.2) is 14.1 Å². The molecule has 2 aromatic heterocycles. The molecule has 0 unspecified atom stereocenters. The van der Waals surface area contributed by atoms with Crippen molar-refractivity contribution in [1.82, 2.24) is 14.8 Å². The van der Waals surface area contributed by atoms with Gasteiger partial charge in [-0.05, 0) is 63.3 Å². The Labute approximate surface area is 161 Å². The summed E-state index contributed by atoms with van der Waals surface area (Å²) in [6, 6.07) is 7.71. The van der Waals surface area contributed by atoms with Crippen LogP contribution in [-0.4, -0.2) is 20.9 Å². The summed E-state index contributed by atoms with van der Waals surface area (Å²) in [7, 11) is 0. The molecular weight excluding hydrogens is 364 g/mol. The Balaban J connectivity index is 1.73. The van der Waals surface area contributed by atoms with E-state index in [1.165, 1.54) is 30.5 Å². The van der Waals surface area contributed by atoms with Gasteiger partial charge in [0.1, 0.15) is 0 Å². The average Bonchev–Trinajstić information content (AvgIpc) is 3.47. The first-order valence-electron chi connectivity index (χ1n) is 9.28. The summed E-state index contributed by atoms with van der Waals surface area (Å²) in [5.41, 5.74) is 1.79. The van der Waals surface area contributed by atoms with Crippen LogP contribution in [0, 0.1) is 18.6 Å². The van der Waals surface area contributed by atoms with Crippen LogP contribution in [0.3, 0.4) is 0 Å². The van der Waals surface area contributed by atoms with E-state index in [2.05, 4.69) is 10.1 Å². The number of halogens is 2. The maximum Gasteiger partial charge on any atom is 0.277 e. The maximum atomic E-state index is 14.1. The molecule has 1 aromatic carbocycles. The monoisotopic (exact) mass is 385 g/mol. The lowest BCUT2D eigenvalue weighted by molar-refractivity contribution is 0.222. The van der Waals surface area contributed by atoms with Crippen molar-refractivity contribution in [3.63, 3.8) is 0 Å². The Bertz CT molecular complexity index is 996. The van der Waals surface area contributed by atoms with Crippen LogP contribution in [0.4, 0.5) is 8.78 Å². The lowest BCUT2D eigenvalue weighted by atomic mass is 10.2. The number of benzene rings is 1. The lowest BCUT2D eigenvalue weighted by Gasteiger charge is -2.10. The molecule has 1 aliphatic carbocycles. The Kier molecular flexibility index (Phi) is 4.75. The normalized spacial score (nSPS) is 13.8. The van der Waals surface area contributed by atoms with Crippen LogP contribution in [0.2, 0.25) is 0 Å². The summed E-state index contributed by atoms with van der Waals surface area (Å²) in [6.07, 6.45) is 4.08. The van der Waals surface area contributed by atoms with Crippen molar-refractivity contribution in [1.29, 1.82) is 0 Å². The third kappa shape index (κ3) is 3.56.